The summed E-state index contributed by atoms with van der Waals surface area (Å²) in [7, 11) is 0. The number of aromatic nitrogens is 2. The molecule has 3 amide bonds. The number of phenols is 3. The molecule has 15 nitrogen and oxygen atoms in total. The molecule has 4 aliphatic rings. The minimum atomic E-state index is -0.266. The van der Waals surface area contributed by atoms with Crippen molar-refractivity contribution in [2.24, 2.45) is 0 Å². The predicted octanol–water partition coefficient (Wildman–Crippen LogP) is 5.57. The van der Waals surface area contributed by atoms with Gasteiger partial charge < -0.3 is 45.1 Å². The first-order valence-electron chi connectivity index (χ1n) is 22.6. The molecule has 5 heterocycles. The van der Waals surface area contributed by atoms with Crippen molar-refractivity contribution in [3.8, 4) is 17.2 Å². The minimum absolute atomic E-state index is 0.00183. The standard InChI is InChI=1S/C50H57N9O6/c1-4-46(63)55-19-21-57(22-20-55)48-39-12-14-58(43-25-37(60)24-34-7-5-6-8-38(34)43)31-42(39)52-50(53-48)51-13-11-47(64)56-17-15-54(16-18-56)28-33-9-10-35-29-59(30-36(35)23-33)49(65)41-26-40(32(2)3)44(61)27-45(41)62/h4-10,23-27,32,60-62H,1,11-22,28-31H2,2-3H3,(H,51,52,53). The Morgan fingerprint density at radius 2 is 1.52 bits per heavy atom. The summed E-state index contributed by atoms with van der Waals surface area (Å²) in [6.45, 7) is 15.9. The number of aromatic hydroxyl groups is 3. The number of carbonyl (C=O) groups excluding carboxylic acids is 3. The number of piperazine rings is 2. The van der Waals surface area contributed by atoms with Gasteiger partial charge in [0.1, 0.15) is 23.1 Å². The first kappa shape index (κ1) is 43.4. The van der Waals surface area contributed by atoms with E-state index in [9.17, 15) is 29.7 Å². The van der Waals surface area contributed by atoms with Crippen LogP contribution >= 0.6 is 0 Å². The van der Waals surface area contributed by atoms with Crippen LogP contribution in [0, 0.1) is 0 Å². The van der Waals surface area contributed by atoms with E-state index < -0.39 is 0 Å². The van der Waals surface area contributed by atoms with Crippen LogP contribution in [0.5, 0.6) is 17.2 Å². The highest BCUT2D eigenvalue weighted by molar-refractivity contribution is 5.98. The van der Waals surface area contributed by atoms with Crippen LogP contribution < -0.4 is 15.1 Å². The van der Waals surface area contributed by atoms with Gasteiger partial charge in [0.15, 0.2) is 0 Å². The number of nitrogens with one attached hydrogen (secondary N) is 1. The molecule has 4 aliphatic heterocycles. The van der Waals surface area contributed by atoms with Gasteiger partial charge in [-0.1, -0.05) is 62.9 Å². The third-order valence-electron chi connectivity index (χ3n) is 13.3. The summed E-state index contributed by atoms with van der Waals surface area (Å²) >= 11 is 0. The Balaban J connectivity index is 0.808. The topological polar surface area (TPSA) is 169 Å². The van der Waals surface area contributed by atoms with Crippen molar-refractivity contribution in [1.29, 1.82) is 0 Å². The predicted molar refractivity (Wildman–Crippen MR) is 250 cm³/mol. The second-order valence-corrected chi connectivity index (χ2v) is 17.9. The molecule has 0 atom stereocenters. The zero-order chi connectivity index (χ0) is 45.4. The molecule has 0 saturated carbocycles. The number of anilines is 3. The van der Waals surface area contributed by atoms with Crippen LogP contribution in [-0.2, 0) is 42.2 Å². The molecule has 65 heavy (non-hydrogen) atoms. The van der Waals surface area contributed by atoms with Gasteiger partial charge in [0.05, 0.1) is 17.8 Å². The minimum Gasteiger partial charge on any atom is -0.508 e. The number of hydrogen-bond donors (Lipinski definition) is 4. The van der Waals surface area contributed by atoms with Crippen molar-refractivity contribution < 1.29 is 29.7 Å². The lowest BCUT2D eigenvalue weighted by Gasteiger charge is -2.38. The summed E-state index contributed by atoms with van der Waals surface area (Å²) < 4.78 is 0. The Morgan fingerprint density at radius 3 is 2.29 bits per heavy atom. The molecule has 9 rings (SSSR count). The van der Waals surface area contributed by atoms with E-state index in [4.69, 9.17) is 9.97 Å². The fourth-order valence-corrected chi connectivity index (χ4v) is 9.70. The molecule has 338 valence electrons. The van der Waals surface area contributed by atoms with Gasteiger partial charge in [0, 0.05) is 120 Å². The zero-order valence-electron chi connectivity index (χ0n) is 37.2. The molecule has 15 heteroatoms. The molecule has 0 unspecified atom stereocenters. The van der Waals surface area contributed by atoms with E-state index in [1.165, 1.54) is 12.1 Å². The van der Waals surface area contributed by atoms with Gasteiger partial charge in [-0.2, -0.15) is 4.98 Å². The maximum atomic E-state index is 13.5. The third-order valence-corrected chi connectivity index (χ3v) is 13.3. The maximum absolute atomic E-state index is 13.5. The van der Waals surface area contributed by atoms with Crippen LogP contribution in [0.25, 0.3) is 10.8 Å². The van der Waals surface area contributed by atoms with E-state index in [2.05, 4.69) is 50.9 Å². The van der Waals surface area contributed by atoms with E-state index >= 15 is 0 Å². The van der Waals surface area contributed by atoms with Gasteiger partial charge in [-0.15, -0.1) is 0 Å². The van der Waals surface area contributed by atoms with Gasteiger partial charge in [-0.05, 0) is 58.2 Å². The van der Waals surface area contributed by atoms with E-state index in [0.29, 0.717) is 89.8 Å². The summed E-state index contributed by atoms with van der Waals surface area (Å²) in [5.74, 6) is 1.03. The van der Waals surface area contributed by atoms with Crippen LogP contribution in [-0.4, -0.2) is 128 Å². The van der Waals surface area contributed by atoms with Crippen LogP contribution in [0.3, 0.4) is 0 Å². The molecule has 5 aromatic rings. The number of hydrogen-bond acceptors (Lipinski definition) is 12. The summed E-state index contributed by atoms with van der Waals surface area (Å²) in [6.07, 6.45) is 2.36. The molecular weight excluding hydrogens is 823 g/mol. The SMILES string of the molecule is C=CC(=O)N1CCN(c2nc(NCCC(=O)N3CCN(Cc4ccc5c(c4)CN(C(=O)c4cc(C(C)C)c(O)cc4O)C5)CC3)nc3c2CCN(c2cc(O)cc4ccccc24)C3)CC1. The quantitative estimate of drug-likeness (QED) is 0.122. The van der Waals surface area contributed by atoms with Gasteiger partial charge in [-0.25, -0.2) is 4.98 Å². The number of amides is 3. The van der Waals surface area contributed by atoms with Gasteiger partial charge in [0.25, 0.3) is 5.91 Å². The highest BCUT2D eigenvalue weighted by atomic mass is 16.3. The second-order valence-electron chi connectivity index (χ2n) is 17.9. The Morgan fingerprint density at radius 1 is 0.769 bits per heavy atom. The van der Waals surface area contributed by atoms with Crippen molar-refractivity contribution in [3.05, 3.63) is 118 Å². The van der Waals surface area contributed by atoms with Gasteiger partial charge in [-0.3, -0.25) is 19.3 Å². The van der Waals surface area contributed by atoms with E-state index in [1.54, 1.807) is 21.9 Å². The molecule has 0 spiro atoms. The maximum Gasteiger partial charge on any atom is 0.258 e. The lowest BCUT2D eigenvalue weighted by atomic mass is 9.98. The van der Waals surface area contributed by atoms with Crippen LogP contribution in [0.2, 0.25) is 0 Å². The van der Waals surface area contributed by atoms with E-state index in [1.807, 2.05) is 43.0 Å². The smallest absolute Gasteiger partial charge is 0.258 e. The lowest BCUT2D eigenvalue weighted by Crippen LogP contribution is -2.49. The van der Waals surface area contributed by atoms with E-state index in [-0.39, 0.29) is 46.5 Å². The molecule has 0 radical (unpaired) electrons. The zero-order valence-corrected chi connectivity index (χ0v) is 37.2. The number of benzene rings is 4. The number of carbonyl (C=O) groups is 3. The van der Waals surface area contributed by atoms with Crippen LogP contribution in [0.1, 0.15) is 70.1 Å². The largest absolute Gasteiger partial charge is 0.508 e. The monoisotopic (exact) mass is 879 g/mol. The van der Waals surface area contributed by atoms with Gasteiger partial charge >= 0.3 is 0 Å². The lowest BCUT2D eigenvalue weighted by molar-refractivity contribution is -0.132. The Labute approximate surface area is 379 Å². The highest BCUT2D eigenvalue weighted by Gasteiger charge is 2.31. The van der Waals surface area contributed by atoms with Crippen molar-refractivity contribution in [3.63, 3.8) is 0 Å². The summed E-state index contributed by atoms with van der Waals surface area (Å²) in [5.41, 5.74) is 7.05. The normalized spacial score (nSPS) is 16.5. The summed E-state index contributed by atoms with van der Waals surface area (Å²) in [6, 6.07) is 20.9. The average Bonchev–Trinajstić information content (AvgIpc) is 3.74. The van der Waals surface area contributed by atoms with Crippen LogP contribution in [0.4, 0.5) is 17.5 Å². The molecule has 4 N–H and O–H groups in total. The van der Waals surface area contributed by atoms with Gasteiger partial charge in [0.2, 0.25) is 17.8 Å². The fourth-order valence-electron chi connectivity index (χ4n) is 9.70. The van der Waals surface area contributed by atoms with Crippen LogP contribution in [0.15, 0.2) is 79.4 Å². The molecule has 2 fully saturated rings. The Hall–Kier alpha value is -6.87. The molecule has 0 bridgehead atoms. The molecule has 0 aliphatic carbocycles. The molecule has 2 saturated heterocycles. The van der Waals surface area contributed by atoms with Crippen molar-refractivity contribution in [1.82, 2.24) is 29.6 Å². The fraction of sp³-hybridized carbons (Fsp3) is 0.380. The number of nitrogens with zero attached hydrogens (tertiary/aromatic N) is 8. The first-order valence-corrected chi connectivity index (χ1v) is 22.6. The molecular formula is C50H57N9O6. The third kappa shape index (κ3) is 9.10. The Bertz CT molecular complexity index is 2650. The van der Waals surface area contributed by atoms with Crippen molar-refractivity contribution in [2.75, 3.05) is 80.6 Å². The first-order chi connectivity index (χ1) is 31.4. The highest BCUT2D eigenvalue weighted by Crippen LogP contribution is 2.37. The average molecular weight is 880 g/mol. The Kier molecular flexibility index (Phi) is 12.2. The second kappa shape index (κ2) is 18.3. The summed E-state index contributed by atoms with van der Waals surface area (Å²) in [5, 5.41) is 36.8. The molecule has 4 aromatic carbocycles. The number of phenolic OH excluding ortho intramolecular Hbond substituents is 3. The van der Waals surface area contributed by atoms with Crippen molar-refractivity contribution in [2.45, 2.75) is 58.8 Å². The number of rotatable bonds is 11. The molecule has 1 aromatic heterocycles. The number of fused-ring (bicyclic) bond motifs is 3. The van der Waals surface area contributed by atoms with Crippen molar-refractivity contribution >= 4 is 45.9 Å². The summed E-state index contributed by atoms with van der Waals surface area (Å²) in [4.78, 5) is 61.8. The van der Waals surface area contributed by atoms with E-state index in [0.717, 1.165) is 76.4 Å².